The Balaban J connectivity index is 1.57. The number of benzene rings is 1. The lowest BCUT2D eigenvalue weighted by Crippen LogP contribution is -2.50. The van der Waals surface area contributed by atoms with Crippen LogP contribution in [0.25, 0.3) is 16.3 Å². The van der Waals surface area contributed by atoms with Gasteiger partial charge in [0.25, 0.3) is 0 Å². The van der Waals surface area contributed by atoms with E-state index in [1.807, 2.05) is 40.0 Å². The van der Waals surface area contributed by atoms with Crippen LogP contribution in [0.5, 0.6) is 0 Å². The number of carbonyl (C=O) groups is 1. The monoisotopic (exact) mass is 517 g/mol. The number of hydrogen-bond donors (Lipinski definition) is 0. The van der Waals surface area contributed by atoms with E-state index in [0.717, 1.165) is 32.0 Å². The SMILES string of the molecule is Cc1nn(-c2nc(N3CCN(C(=O)OC(C)(C)C)CC3)c(SC(C)C)s2)cc1-c1cccc(F)c1. The topological polar surface area (TPSA) is 63.5 Å². The van der Waals surface area contributed by atoms with Gasteiger partial charge in [0.05, 0.1) is 5.69 Å². The maximum Gasteiger partial charge on any atom is 0.410 e. The smallest absolute Gasteiger partial charge is 0.410 e. The Labute approximate surface area is 214 Å². The summed E-state index contributed by atoms with van der Waals surface area (Å²) in [6.07, 6.45) is 1.64. The molecule has 0 radical (unpaired) electrons. The molecule has 1 saturated heterocycles. The number of nitrogens with zero attached hydrogens (tertiary/aromatic N) is 5. The fourth-order valence-electron chi connectivity index (χ4n) is 3.80. The molecular weight excluding hydrogens is 485 g/mol. The Morgan fingerprint density at radius 2 is 1.91 bits per heavy atom. The summed E-state index contributed by atoms with van der Waals surface area (Å²) in [6.45, 7) is 14.4. The van der Waals surface area contributed by atoms with Crippen molar-refractivity contribution in [2.45, 2.75) is 56.6 Å². The molecule has 0 atom stereocenters. The van der Waals surface area contributed by atoms with E-state index in [-0.39, 0.29) is 11.9 Å². The average molecular weight is 518 g/mol. The minimum absolute atomic E-state index is 0.271. The van der Waals surface area contributed by atoms with E-state index in [9.17, 15) is 9.18 Å². The highest BCUT2D eigenvalue weighted by atomic mass is 32.2. The van der Waals surface area contributed by atoms with E-state index in [1.54, 1.807) is 38.7 Å². The summed E-state index contributed by atoms with van der Waals surface area (Å²) in [5.41, 5.74) is 1.98. The summed E-state index contributed by atoms with van der Waals surface area (Å²) in [4.78, 5) is 21.4. The van der Waals surface area contributed by atoms with E-state index in [4.69, 9.17) is 9.72 Å². The lowest BCUT2D eigenvalue weighted by Gasteiger charge is -2.36. The van der Waals surface area contributed by atoms with Gasteiger partial charge in [0.2, 0.25) is 5.13 Å². The highest BCUT2D eigenvalue weighted by Gasteiger charge is 2.29. The summed E-state index contributed by atoms with van der Waals surface area (Å²) in [6, 6.07) is 6.55. The highest BCUT2D eigenvalue weighted by molar-refractivity contribution is 8.01. The molecule has 35 heavy (non-hydrogen) atoms. The van der Waals surface area contributed by atoms with Gasteiger partial charge < -0.3 is 14.5 Å². The largest absolute Gasteiger partial charge is 0.444 e. The average Bonchev–Trinajstić information content (AvgIpc) is 3.36. The predicted octanol–water partition coefficient (Wildman–Crippen LogP) is 6.00. The lowest BCUT2D eigenvalue weighted by atomic mass is 10.1. The van der Waals surface area contributed by atoms with Crippen molar-refractivity contribution < 1.29 is 13.9 Å². The fourth-order valence-corrected chi connectivity index (χ4v) is 6.25. The van der Waals surface area contributed by atoms with Gasteiger partial charge in [-0.1, -0.05) is 37.3 Å². The summed E-state index contributed by atoms with van der Waals surface area (Å²) >= 11 is 3.38. The first-order valence-electron chi connectivity index (χ1n) is 11.7. The van der Waals surface area contributed by atoms with E-state index >= 15 is 0 Å². The molecule has 4 rings (SSSR count). The van der Waals surface area contributed by atoms with Gasteiger partial charge in [-0.05, 0) is 45.4 Å². The van der Waals surface area contributed by atoms with Gasteiger partial charge in [-0.3, -0.25) is 0 Å². The number of ether oxygens (including phenoxy) is 1. The van der Waals surface area contributed by atoms with Crippen LogP contribution in [0.1, 0.15) is 40.3 Å². The Morgan fingerprint density at radius 3 is 2.54 bits per heavy atom. The number of piperazine rings is 1. The van der Waals surface area contributed by atoms with E-state index in [2.05, 4.69) is 23.8 Å². The molecule has 0 aliphatic carbocycles. The van der Waals surface area contributed by atoms with Gasteiger partial charge in [0, 0.05) is 43.2 Å². The summed E-state index contributed by atoms with van der Waals surface area (Å²) < 4.78 is 22.2. The Kier molecular flexibility index (Phi) is 7.42. The molecule has 1 fully saturated rings. The van der Waals surface area contributed by atoms with E-state index in [1.165, 1.54) is 12.1 Å². The number of halogens is 1. The molecule has 188 valence electrons. The van der Waals surface area contributed by atoms with E-state index in [0.29, 0.717) is 31.4 Å². The maximum atomic E-state index is 13.8. The minimum Gasteiger partial charge on any atom is -0.444 e. The Morgan fingerprint density at radius 1 is 1.20 bits per heavy atom. The van der Waals surface area contributed by atoms with Crippen LogP contribution in [0, 0.1) is 12.7 Å². The first kappa shape index (κ1) is 25.5. The third-order valence-corrected chi connectivity index (χ3v) is 7.61. The third-order valence-electron chi connectivity index (χ3n) is 5.37. The zero-order chi connectivity index (χ0) is 25.3. The summed E-state index contributed by atoms with van der Waals surface area (Å²) in [5, 5.41) is 5.84. The minimum atomic E-state index is -0.509. The summed E-state index contributed by atoms with van der Waals surface area (Å²) in [5.74, 6) is 0.653. The zero-order valence-electron chi connectivity index (χ0n) is 21.0. The van der Waals surface area contributed by atoms with Crippen molar-refractivity contribution in [3.05, 3.63) is 42.0 Å². The van der Waals surface area contributed by atoms with Crippen molar-refractivity contribution >= 4 is 35.0 Å². The zero-order valence-corrected chi connectivity index (χ0v) is 22.7. The maximum absolute atomic E-state index is 13.8. The van der Waals surface area contributed by atoms with Gasteiger partial charge in [0.1, 0.15) is 15.6 Å². The number of anilines is 1. The van der Waals surface area contributed by atoms with Crippen LogP contribution in [-0.2, 0) is 4.74 Å². The Hall–Kier alpha value is -2.59. The first-order chi connectivity index (χ1) is 16.5. The standard InChI is InChI=1S/C25H32FN5O2S2/c1-16(2)34-22-21(29-10-12-30(13-11-29)24(32)33-25(4,5)6)27-23(35-22)31-15-20(17(3)28-31)18-8-7-9-19(26)14-18/h7-9,14-16H,10-13H2,1-6H3. The van der Waals surface area contributed by atoms with Gasteiger partial charge in [-0.2, -0.15) is 10.1 Å². The molecule has 3 heterocycles. The van der Waals surface area contributed by atoms with Gasteiger partial charge in [0.15, 0.2) is 5.82 Å². The first-order valence-corrected chi connectivity index (χ1v) is 13.4. The normalized spacial score (nSPS) is 14.6. The van der Waals surface area contributed by atoms with Crippen molar-refractivity contribution in [2.75, 3.05) is 31.1 Å². The second-order valence-corrected chi connectivity index (χ2v) is 12.6. The van der Waals surface area contributed by atoms with Crippen LogP contribution >= 0.6 is 23.1 Å². The number of carbonyl (C=O) groups excluding carboxylic acids is 1. The van der Waals surface area contributed by atoms with Gasteiger partial charge >= 0.3 is 6.09 Å². The Bertz CT molecular complexity index is 1190. The summed E-state index contributed by atoms with van der Waals surface area (Å²) in [7, 11) is 0. The van der Waals surface area contributed by atoms with Crippen LogP contribution in [0.3, 0.4) is 0 Å². The number of thiazole rings is 1. The van der Waals surface area contributed by atoms with Crippen molar-refractivity contribution in [2.24, 2.45) is 0 Å². The molecular formula is C25H32FN5O2S2. The second kappa shape index (κ2) is 10.2. The van der Waals surface area contributed by atoms with Crippen LogP contribution in [-0.4, -0.2) is 62.8 Å². The second-order valence-electron chi connectivity index (χ2n) is 9.81. The molecule has 7 nitrogen and oxygen atoms in total. The van der Waals surface area contributed by atoms with Gasteiger partial charge in [-0.25, -0.2) is 13.9 Å². The molecule has 0 N–H and O–H groups in total. The van der Waals surface area contributed by atoms with E-state index < -0.39 is 5.60 Å². The van der Waals surface area contributed by atoms with Crippen LogP contribution in [0.4, 0.5) is 15.0 Å². The number of thioether (sulfide) groups is 1. The van der Waals surface area contributed by atoms with Crippen molar-refractivity contribution in [3.8, 4) is 16.3 Å². The fraction of sp³-hybridized carbons (Fsp3) is 0.480. The lowest BCUT2D eigenvalue weighted by molar-refractivity contribution is 0.0240. The molecule has 1 aromatic carbocycles. The number of aryl methyl sites for hydroxylation is 1. The molecule has 0 unspecified atom stereocenters. The molecule has 0 bridgehead atoms. The quantitative estimate of drug-likeness (QED) is 0.387. The predicted molar refractivity (Wildman–Crippen MR) is 140 cm³/mol. The number of amides is 1. The van der Waals surface area contributed by atoms with Crippen LogP contribution in [0.15, 0.2) is 34.7 Å². The molecule has 3 aromatic rings. The van der Waals surface area contributed by atoms with Crippen molar-refractivity contribution in [1.29, 1.82) is 0 Å². The highest BCUT2D eigenvalue weighted by Crippen LogP contribution is 2.40. The van der Waals surface area contributed by atoms with Gasteiger partial charge in [-0.15, -0.1) is 11.8 Å². The molecule has 0 saturated carbocycles. The molecule has 2 aromatic heterocycles. The van der Waals surface area contributed by atoms with Crippen LogP contribution in [0.2, 0.25) is 0 Å². The number of rotatable bonds is 5. The van der Waals surface area contributed by atoms with Crippen molar-refractivity contribution in [1.82, 2.24) is 19.7 Å². The molecule has 0 spiro atoms. The molecule has 1 aliphatic heterocycles. The van der Waals surface area contributed by atoms with Crippen molar-refractivity contribution in [3.63, 3.8) is 0 Å². The number of aromatic nitrogens is 3. The molecule has 1 aliphatic rings. The molecule has 10 heteroatoms. The number of hydrogen-bond acceptors (Lipinski definition) is 7. The van der Waals surface area contributed by atoms with Crippen LogP contribution < -0.4 is 4.90 Å². The molecule has 1 amide bonds. The third kappa shape index (κ3) is 6.16.